The predicted molar refractivity (Wildman–Crippen MR) is 136 cm³/mol. The van der Waals surface area contributed by atoms with Crippen LogP contribution in [0.5, 0.6) is 11.5 Å². The standard InChI is InChI=1S/C28H30N2O5/c1-5-17(2)29-25(31)16-35-28(32)26-20-8-6-7-9-22(20)30-27-19(11-12-21(26)27)14-18-10-13-23(33-3)24(15-18)34-4/h6-10,13-15,17H,5,11-12,16H2,1-4H3,(H,29,31)/b19-14+. The van der Waals surface area contributed by atoms with Crippen molar-refractivity contribution in [2.45, 2.75) is 39.2 Å². The average Bonchev–Trinajstić information content (AvgIpc) is 3.27. The molecule has 1 amide bonds. The van der Waals surface area contributed by atoms with Crippen LogP contribution < -0.4 is 14.8 Å². The summed E-state index contributed by atoms with van der Waals surface area (Å²) in [4.78, 5) is 30.3. The lowest BCUT2D eigenvalue weighted by Crippen LogP contribution is -2.35. The summed E-state index contributed by atoms with van der Waals surface area (Å²) >= 11 is 0. The summed E-state index contributed by atoms with van der Waals surface area (Å²) in [6.45, 7) is 3.58. The van der Waals surface area contributed by atoms with Gasteiger partial charge in [0.2, 0.25) is 0 Å². The van der Waals surface area contributed by atoms with E-state index in [9.17, 15) is 9.59 Å². The summed E-state index contributed by atoms with van der Waals surface area (Å²) in [6, 6.07) is 13.3. The molecule has 1 unspecified atom stereocenters. The van der Waals surface area contributed by atoms with E-state index >= 15 is 0 Å². The average molecular weight is 475 g/mol. The second-order valence-electron chi connectivity index (χ2n) is 8.57. The fourth-order valence-electron chi connectivity index (χ4n) is 4.28. The summed E-state index contributed by atoms with van der Waals surface area (Å²) in [6.07, 6.45) is 4.26. The Bertz CT molecular complexity index is 1300. The van der Waals surface area contributed by atoms with Crippen LogP contribution in [0.3, 0.4) is 0 Å². The predicted octanol–water partition coefficient (Wildman–Crippen LogP) is 4.81. The SMILES string of the molecule is CCC(C)NC(=O)COC(=O)c1c2c(nc3ccccc13)/C(=C/c1ccc(OC)c(OC)c1)CC2. The molecule has 35 heavy (non-hydrogen) atoms. The Morgan fingerprint density at radius 1 is 1.09 bits per heavy atom. The number of nitrogens with zero attached hydrogens (tertiary/aromatic N) is 1. The Kier molecular flexibility index (Phi) is 7.34. The molecule has 1 N–H and O–H groups in total. The number of hydrogen-bond donors (Lipinski definition) is 1. The third kappa shape index (κ3) is 5.14. The van der Waals surface area contributed by atoms with Gasteiger partial charge in [-0.2, -0.15) is 0 Å². The first-order valence-corrected chi connectivity index (χ1v) is 11.8. The highest BCUT2D eigenvalue weighted by Crippen LogP contribution is 2.38. The second-order valence-corrected chi connectivity index (χ2v) is 8.57. The van der Waals surface area contributed by atoms with E-state index in [2.05, 4.69) is 11.4 Å². The van der Waals surface area contributed by atoms with E-state index in [4.69, 9.17) is 19.2 Å². The van der Waals surface area contributed by atoms with Gasteiger partial charge in [0.05, 0.1) is 31.0 Å². The van der Waals surface area contributed by atoms with Crippen molar-refractivity contribution in [3.63, 3.8) is 0 Å². The van der Waals surface area contributed by atoms with Crippen LogP contribution in [0.1, 0.15) is 53.9 Å². The van der Waals surface area contributed by atoms with E-state index in [1.165, 1.54) is 0 Å². The van der Waals surface area contributed by atoms with Crippen LogP contribution in [0.15, 0.2) is 42.5 Å². The maximum absolute atomic E-state index is 13.2. The van der Waals surface area contributed by atoms with Crippen molar-refractivity contribution in [2.24, 2.45) is 0 Å². The van der Waals surface area contributed by atoms with Crippen molar-refractivity contribution in [1.82, 2.24) is 10.3 Å². The van der Waals surface area contributed by atoms with Gasteiger partial charge in [-0.25, -0.2) is 9.78 Å². The van der Waals surface area contributed by atoms with Gasteiger partial charge in [-0.3, -0.25) is 4.79 Å². The van der Waals surface area contributed by atoms with Crippen molar-refractivity contribution in [1.29, 1.82) is 0 Å². The number of amides is 1. The van der Waals surface area contributed by atoms with Gasteiger partial charge in [0.25, 0.3) is 5.91 Å². The molecule has 1 atom stereocenters. The summed E-state index contributed by atoms with van der Waals surface area (Å²) in [5.41, 5.74) is 4.81. The molecule has 1 aromatic heterocycles. The van der Waals surface area contributed by atoms with Crippen molar-refractivity contribution < 1.29 is 23.8 Å². The number of pyridine rings is 1. The molecule has 7 heteroatoms. The van der Waals surface area contributed by atoms with Gasteiger partial charge in [-0.1, -0.05) is 31.2 Å². The summed E-state index contributed by atoms with van der Waals surface area (Å²) in [5, 5.41) is 3.55. The van der Waals surface area contributed by atoms with E-state index in [-0.39, 0.29) is 18.6 Å². The van der Waals surface area contributed by atoms with E-state index in [1.54, 1.807) is 14.2 Å². The quantitative estimate of drug-likeness (QED) is 0.472. The zero-order chi connectivity index (χ0) is 24.9. The van der Waals surface area contributed by atoms with Gasteiger partial charge in [0.15, 0.2) is 18.1 Å². The van der Waals surface area contributed by atoms with Crippen LogP contribution in [0.25, 0.3) is 22.6 Å². The molecule has 0 radical (unpaired) electrons. The molecule has 1 aliphatic carbocycles. The Balaban J connectivity index is 1.69. The topological polar surface area (TPSA) is 86.8 Å². The lowest BCUT2D eigenvalue weighted by Gasteiger charge is -2.14. The molecule has 2 aromatic carbocycles. The highest BCUT2D eigenvalue weighted by Gasteiger charge is 2.28. The number of carbonyl (C=O) groups is 2. The molecule has 0 aliphatic heterocycles. The Morgan fingerprint density at radius 3 is 2.60 bits per heavy atom. The lowest BCUT2D eigenvalue weighted by molar-refractivity contribution is -0.124. The second kappa shape index (κ2) is 10.6. The minimum Gasteiger partial charge on any atom is -0.493 e. The van der Waals surface area contributed by atoms with Crippen LogP contribution in [-0.2, 0) is 16.0 Å². The largest absolute Gasteiger partial charge is 0.493 e. The normalized spacial score (nSPS) is 14.5. The van der Waals surface area contributed by atoms with Crippen molar-refractivity contribution in [2.75, 3.05) is 20.8 Å². The first-order chi connectivity index (χ1) is 16.9. The number of aromatic nitrogens is 1. The third-order valence-electron chi connectivity index (χ3n) is 6.25. The molecule has 1 heterocycles. The number of allylic oxidation sites excluding steroid dienone is 1. The van der Waals surface area contributed by atoms with Crippen LogP contribution >= 0.6 is 0 Å². The molecule has 1 aliphatic rings. The van der Waals surface area contributed by atoms with Crippen molar-refractivity contribution in [3.8, 4) is 11.5 Å². The minimum atomic E-state index is -0.508. The monoisotopic (exact) mass is 474 g/mol. The fraction of sp³-hybridized carbons (Fsp3) is 0.321. The zero-order valence-corrected chi connectivity index (χ0v) is 20.5. The number of methoxy groups -OCH3 is 2. The maximum Gasteiger partial charge on any atom is 0.339 e. The Morgan fingerprint density at radius 2 is 1.86 bits per heavy atom. The molecule has 0 saturated carbocycles. The van der Waals surface area contributed by atoms with Crippen LogP contribution in [0.2, 0.25) is 0 Å². The number of para-hydroxylation sites is 1. The summed E-state index contributed by atoms with van der Waals surface area (Å²) in [7, 11) is 3.21. The number of carbonyl (C=O) groups excluding carboxylic acids is 2. The van der Waals surface area contributed by atoms with Crippen molar-refractivity contribution >= 4 is 34.4 Å². The molecule has 0 fully saturated rings. The molecule has 182 valence electrons. The molecule has 0 spiro atoms. The summed E-state index contributed by atoms with van der Waals surface area (Å²) < 4.78 is 16.2. The number of esters is 1. The smallest absolute Gasteiger partial charge is 0.339 e. The van der Waals surface area contributed by atoms with E-state index in [0.717, 1.165) is 40.6 Å². The third-order valence-corrected chi connectivity index (χ3v) is 6.25. The number of hydrogen-bond acceptors (Lipinski definition) is 6. The van der Waals surface area contributed by atoms with E-state index in [0.29, 0.717) is 29.0 Å². The highest BCUT2D eigenvalue weighted by atomic mass is 16.5. The Labute approximate surface area is 205 Å². The van der Waals surface area contributed by atoms with Crippen LogP contribution in [0.4, 0.5) is 0 Å². The minimum absolute atomic E-state index is 0.0245. The van der Waals surface area contributed by atoms with E-state index < -0.39 is 5.97 Å². The number of rotatable bonds is 8. The van der Waals surface area contributed by atoms with Gasteiger partial charge in [0, 0.05) is 11.4 Å². The molecule has 3 aromatic rings. The molecule has 0 saturated heterocycles. The molecule has 0 bridgehead atoms. The van der Waals surface area contributed by atoms with Crippen LogP contribution in [0, 0.1) is 0 Å². The van der Waals surface area contributed by atoms with Gasteiger partial charge in [0.1, 0.15) is 0 Å². The van der Waals surface area contributed by atoms with E-state index in [1.807, 2.05) is 56.3 Å². The summed E-state index contributed by atoms with van der Waals surface area (Å²) in [5.74, 6) is 0.489. The number of fused-ring (bicyclic) bond motifs is 2. The van der Waals surface area contributed by atoms with Gasteiger partial charge >= 0.3 is 5.97 Å². The first kappa shape index (κ1) is 24.3. The maximum atomic E-state index is 13.2. The number of ether oxygens (including phenoxy) is 3. The lowest BCUT2D eigenvalue weighted by atomic mass is 10.0. The van der Waals surface area contributed by atoms with Crippen LogP contribution in [-0.4, -0.2) is 43.7 Å². The molecule has 4 rings (SSSR count). The number of nitrogens with one attached hydrogen (secondary N) is 1. The zero-order valence-electron chi connectivity index (χ0n) is 20.5. The molecular weight excluding hydrogens is 444 g/mol. The molecular formula is C28H30N2O5. The van der Waals surface area contributed by atoms with Gasteiger partial charge < -0.3 is 19.5 Å². The number of benzene rings is 2. The Hall–Kier alpha value is -3.87. The fourth-order valence-corrected chi connectivity index (χ4v) is 4.28. The van der Waals surface area contributed by atoms with Gasteiger partial charge in [-0.05, 0) is 67.2 Å². The molecule has 7 nitrogen and oxygen atoms in total. The first-order valence-electron chi connectivity index (χ1n) is 11.8. The highest BCUT2D eigenvalue weighted by molar-refractivity contribution is 6.07. The van der Waals surface area contributed by atoms with Crippen molar-refractivity contribution in [3.05, 3.63) is 64.8 Å². The van der Waals surface area contributed by atoms with Gasteiger partial charge in [-0.15, -0.1) is 0 Å².